The summed E-state index contributed by atoms with van der Waals surface area (Å²) in [6.07, 6.45) is 0.989. The summed E-state index contributed by atoms with van der Waals surface area (Å²) < 4.78 is 10.4. The van der Waals surface area contributed by atoms with E-state index < -0.39 is 11.9 Å². The average Bonchev–Trinajstić information content (AvgIpc) is 2.78. The minimum absolute atomic E-state index is 0.190. The third kappa shape index (κ3) is 6.21. The minimum Gasteiger partial charge on any atom is -0.495 e. The zero-order valence-corrected chi connectivity index (χ0v) is 17.7. The van der Waals surface area contributed by atoms with Crippen LogP contribution in [-0.4, -0.2) is 49.6 Å². The van der Waals surface area contributed by atoms with Crippen molar-refractivity contribution >= 4 is 29.3 Å². The number of methoxy groups -OCH3 is 1. The van der Waals surface area contributed by atoms with Gasteiger partial charge in [0.25, 0.3) is 5.91 Å². The summed E-state index contributed by atoms with van der Waals surface area (Å²) in [5.74, 6) is -0.653. The van der Waals surface area contributed by atoms with Crippen LogP contribution in [0.1, 0.15) is 18.4 Å². The van der Waals surface area contributed by atoms with E-state index in [4.69, 9.17) is 9.47 Å². The first-order valence-electron chi connectivity index (χ1n) is 10.2. The molecule has 1 aliphatic heterocycles. The van der Waals surface area contributed by atoms with Gasteiger partial charge in [-0.1, -0.05) is 24.3 Å². The number of hydrogen-bond donors (Lipinski definition) is 2. The van der Waals surface area contributed by atoms with Crippen molar-refractivity contribution in [2.45, 2.75) is 19.8 Å². The van der Waals surface area contributed by atoms with Crippen LogP contribution in [0.3, 0.4) is 0 Å². The molecule has 164 valence electrons. The lowest BCUT2D eigenvalue weighted by molar-refractivity contribution is -0.152. The third-order valence-electron chi connectivity index (χ3n) is 5.12. The Morgan fingerprint density at radius 1 is 1.03 bits per heavy atom. The van der Waals surface area contributed by atoms with Gasteiger partial charge in [0.15, 0.2) is 6.61 Å². The molecule has 0 aliphatic carbocycles. The number of carbonyl (C=O) groups excluding carboxylic acids is 3. The molecule has 1 aliphatic rings. The third-order valence-corrected chi connectivity index (χ3v) is 5.12. The second-order valence-electron chi connectivity index (χ2n) is 7.42. The molecule has 3 rings (SSSR count). The fraction of sp³-hybridized carbons (Fsp3) is 0.348. The molecule has 0 aromatic heterocycles. The molecule has 0 radical (unpaired) electrons. The molecule has 1 fully saturated rings. The maximum absolute atomic E-state index is 12.4. The number of ether oxygens (including phenoxy) is 2. The summed E-state index contributed by atoms with van der Waals surface area (Å²) in [6, 6.07) is 14.5. The smallest absolute Gasteiger partial charge is 0.321 e. The van der Waals surface area contributed by atoms with Gasteiger partial charge in [0.1, 0.15) is 5.75 Å². The van der Waals surface area contributed by atoms with Gasteiger partial charge in [-0.15, -0.1) is 0 Å². The lowest BCUT2D eigenvalue weighted by Crippen LogP contribution is -2.43. The molecule has 0 spiro atoms. The van der Waals surface area contributed by atoms with Gasteiger partial charge in [0, 0.05) is 18.8 Å². The molecule has 8 heteroatoms. The number of anilines is 2. The standard InChI is InChI=1S/C23H27N3O5/c1-16-8-9-20(30-2)19(14-16)25-21(27)15-31-22(28)17-10-12-26(13-11-17)23(29)24-18-6-4-3-5-7-18/h3-9,14,17H,10-13,15H2,1-2H3,(H,24,29)(H,25,27). The number of likely N-dealkylation sites (tertiary alicyclic amines) is 1. The predicted molar refractivity (Wildman–Crippen MR) is 117 cm³/mol. The number of amides is 3. The van der Waals surface area contributed by atoms with Gasteiger partial charge in [-0.05, 0) is 49.6 Å². The Kier molecular flexibility index (Phi) is 7.48. The first-order valence-corrected chi connectivity index (χ1v) is 10.2. The van der Waals surface area contributed by atoms with Crippen LogP contribution in [0.4, 0.5) is 16.2 Å². The van der Waals surface area contributed by atoms with Crippen LogP contribution in [0, 0.1) is 12.8 Å². The largest absolute Gasteiger partial charge is 0.495 e. The van der Waals surface area contributed by atoms with E-state index in [-0.39, 0.29) is 18.6 Å². The van der Waals surface area contributed by atoms with Crippen molar-refractivity contribution in [1.82, 2.24) is 4.90 Å². The molecule has 2 N–H and O–H groups in total. The number of aryl methyl sites for hydroxylation is 1. The van der Waals surface area contributed by atoms with Crippen LogP contribution in [0.5, 0.6) is 5.75 Å². The van der Waals surface area contributed by atoms with Gasteiger partial charge in [0.2, 0.25) is 0 Å². The van der Waals surface area contributed by atoms with Crippen LogP contribution in [0.25, 0.3) is 0 Å². The summed E-state index contributed by atoms with van der Waals surface area (Å²) in [7, 11) is 1.52. The normalized spacial score (nSPS) is 13.9. The highest BCUT2D eigenvalue weighted by atomic mass is 16.5. The maximum Gasteiger partial charge on any atom is 0.321 e. The maximum atomic E-state index is 12.4. The second kappa shape index (κ2) is 10.5. The molecular weight excluding hydrogens is 398 g/mol. The lowest BCUT2D eigenvalue weighted by atomic mass is 9.97. The molecule has 1 heterocycles. The van der Waals surface area contributed by atoms with Crippen molar-refractivity contribution in [3.8, 4) is 5.75 Å². The van der Waals surface area contributed by atoms with Crippen LogP contribution in [-0.2, 0) is 14.3 Å². The summed E-state index contributed by atoms with van der Waals surface area (Å²) >= 11 is 0. The number of benzene rings is 2. The highest BCUT2D eigenvalue weighted by Gasteiger charge is 2.28. The Bertz CT molecular complexity index is 924. The molecule has 0 bridgehead atoms. The highest BCUT2D eigenvalue weighted by molar-refractivity contribution is 5.94. The fourth-order valence-electron chi connectivity index (χ4n) is 3.40. The topological polar surface area (TPSA) is 97.0 Å². The van der Waals surface area contributed by atoms with Gasteiger partial charge in [-0.25, -0.2) is 4.79 Å². The number of carbonyl (C=O) groups is 3. The molecule has 2 aromatic carbocycles. The lowest BCUT2D eigenvalue weighted by Gasteiger charge is -2.30. The molecule has 31 heavy (non-hydrogen) atoms. The summed E-state index contributed by atoms with van der Waals surface area (Å²) in [5.41, 5.74) is 2.22. The number of esters is 1. The van der Waals surface area contributed by atoms with E-state index in [2.05, 4.69) is 10.6 Å². The zero-order chi connectivity index (χ0) is 22.2. The van der Waals surface area contributed by atoms with E-state index in [0.29, 0.717) is 37.4 Å². The highest BCUT2D eigenvalue weighted by Crippen LogP contribution is 2.25. The molecule has 0 atom stereocenters. The minimum atomic E-state index is -0.433. The average molecular weight is 425 g/mol. The van der Waals surface area contributed by atoms with Gasteiger partial charge in [-0.3, -0.25) is 9.59 Å². The number of nitrogens with zero attached hydrogens (tertiary/aromatic N) is 1. The summed E-state index contributed by atoms with van der Waals surface area (Å²) in [4.78, 5) is 38.6. The van der Waals surface area contributed by atoms with E-state index in [1.54, 1.807) is 17.0 Å². The number of nitrogens with one attached hydrogen (secondary N) is 2. The Hall–Kier alpha value is -3.55. The fourth-order valence-corrected chi connectivity index (χ4v) is 3.40. The van der Waals surface area contributed by atoms with Crippen LogP contribution in [0.2, 0.25) is 0 Å². The van der Waals surface area contributed by atoms with Crippen molar-refractivity contribution in [2.24, 2.45) is 5.92 Å². The van der Waals surface area contributed by atoms with Crippen LogP contribution >= 0.6 is 0 Å². The molecule has 0 unspecified atom stereocenters. The molecule has 1 saturated heterocycles. The molecule has 0 saturated carbocycles. The van der Waals surface area contributed by atoms with E-state index in [0.717, 1.165) is 11.3 Å². The van der Waals surface area contributed by atoms with Crippen molar-refractivity contribution < 1.29 is 23.9 Å². The quantitative estimate of drug-likeness (QED) is 0.691. The Morgan fingerprint density at radius 2 is 1.74 bits per heavy atom. The molecule has 2 aromatic rings. The van der Waals surface area contributed by atoms with Gasteiger partial charge >= 0.3 is 12.0 Å². The number of para-hydroxylation sites is 1. The van der Waals surface area contributed by atoms with Gasteiger partial charge in [0.05, 0.1) is 18.7 Å². The van der Waals surface area contributed by atoms with Crippen LogP contribution in [0.15, 0.2) is 48.5 Å². The SMILES string of the molecule is COc1ccc(C)cc1NC(=O)COC(=O)C1CCN(C(=O)Nc2ccccc2)CC1. The van der Waals surface area contributed by atoms with Crippen molar-refractivity contribution in [3.63, 3.8) is 0 Å². The molecule has 3 amide bonds. The van der Waals surface area contributed by atoms with Crippen molar-refractivity contribution in [2.75, 3.05) is 37.4 Å². The van der Waals surface area contributed by atoms with E-state index in [9.17, 15) is 14.4 Å². The van der Waals surface area contributed by atoms with Gasteiger partial charge in [-0.2, -0.15) is 0 Å². The zero-order valence-electron chi connectivity index (χ0n) is 17.7. The molecular formula is C23H27N3O5. The number of piperidine rings is 1. The summed E-state index contributed by atoms with van der Waals surface area (Å²) in [6.45, 7) is 2.43. The second-order valence-corrected chi connectivity index (χ2v) is 7.42. The monoisotopic (exact) mass is 425 g/mol. The van der Waals surface area contributed by atoms with E-state index in [1.807, 2.05) is 43.3 Å². The number of rotatable bonds is 6. The first-order chi connectivity index (χ1) is 15.0. The number of urea groups is 1. The van der Waals surface area contributed by atoms with E-state index >= 15 is 0 Å². The molecule has 8 nitrogen and oxygen atoms in total. The summed E-state index contributed by atoms with van der Waals surface area (Å²) in [5, 5.41) is 5.54. The predicted octanol–water partition coefficient (Wildman–Crippen LogP) is 3.43. The Balaban J connectivity index is 1.42. The number of hydrogen-bond acceptors (Lipinski definition) is 5. The Labute approximate surface area is 181 Å². The first kappa shape index (κ1) is 22.1. The Morgan fingerprint density at radius 3 is 2.42 bits per heavy atom. The van der Waals surface area contributed by atoms with Crippen molar-refractivity contribution in [1.29, 1.82) is 0 Å². The van der Waals surface area contributed by atoms with Gasteiger partial charge < -0.3 is 25.0 Å². The van der Waals surface area contributed by atoms with Crippen molar-refractivity contribution in [3.05, 3.63) is 54.1 Å². The van der Waals surface area contributed by atoms with E-state index in [1.165, 1.54) is 7.11 Å². The van der Waals surface area contributed by atoms with Crippen LogP contribution < -0.4 is 15.4 Å².